The number of hydrogen-bond acceptors (Lipinski definition) is 3. The molecule has 0 radical (unpaired) electrons. The molecule has 19 heavy (non-hydrogen) atoms. The first-order valence-corrected chi connectivity index (χ1v) is 7.64. The van der Waals surface area contributed by atoms with Gasteiger partial charge in [0.05, 0.1) is 6.61 Å². The maximum Gasteiger partial charge on any atom is 0.121 e. The standard InChI is InChI=1S/C16H19NOS/c1-3-18-15-6-4-5-14(11-15)17-12-13-7-9-16(19-2)10-8-13/h4-11,17H,3,12H2,1-2H3. The summed E-state index contributed by atoms with van der Waals surface area (Å²) >= 11 is 1.76. The average Bonchev–Trinajstić information content (AvgIpc) is 2.46. The van der Waals surface area contributed by atoms with Crippen molar-refractivity contribution in [2.24, 2.45) is 0 Å². The Labute approximate surface area is 119 Å². The topological polar surface area (TPSA) is 21.3 Å². The molecule has 2 aromatic carbocycles. The Hall–Kier alpha value is -1.61. The molecule has 0 heterocycles. The smallest absolute Gasteiger partial charge is 0.121 e. The van der Waals surface area contributed by atoms with E-state index in [9.17, 15) is 0 Å². The first-order valence-electron chi connectivity index (χ1n) is 6.41. The highest BCUT2D eigenvalue weighted by Crippen LogP contribution is 2.19. The van der Waals surface area contributed by atoms with Gasteiger partial charge in [-0.25, -0.2) is 0 Å². The van der Waals surface area contributed by atoms with Crippen LogP contribution in [0.25, 0.3) is 0 Å². The monoisotopic (exact) mass is 273 g/mol. The number of hydrogen-bond donors (Lipinski definition) is 1. The Morgan fingerprint density at radius 2 is 1.89 bits per heavy atom. The molecule has 2 aromatic rings. The van der Waals surface area contributed by atoms with Crippen LogP contribution in [0.15, 0.2) is 53.4 Å². The second-order valence-electron chi connectivity index (χ2n) is 4.16. The van der Waals surface area contributed by atoms with E-state index in [1.54, 1.807) is 11.8 Å². The molecule has 0 spiro atoms. The highest BCUT2D eigenvalue weighted by molar-refractivity contribution is 7.98. The van der Waals surface area contributed by atoms with Crippen LogP contribution in [0.2, 0.25) is 0 Å². The number of thioether (sulfide) groups is 1. The van der Waals surface area contributed by atoms with Crippen LogP contribution in [0.5, 0.6) is 5.75 Å². The Bertz CT molecular complexity index is 510. The fraction of sp³-hybridized carbons (Fsp3) is 0.250. The van der Waals surface area contributed by atoms with Gasteiger partial charge in [-0.1, -0.05) is 18.2 Å². The number of rotatable bonds is 6. The van der Waals surface area contributed by atoms with Crippen LogP contribution < -0.4 is 10.1 Å². The lowest BCUT2D eigenvalue weighted by atomic mass is 10.2. The van der Waals surface area contributed by atoms with Crippen LogP contribution in [0, 0.1) is 0 Å². The van der Waals surface area contributed by atoms with Crippen LogP contribution in [-0.2, 0) is 6.54 Å². The van der Waals surface area contributed by atoms with E-state index in [0.717, 1.165) is 18.0 Å². The summed E-state index contributed by atoms with van der Waals surface area (Å²) in [5.41, 5.74) is 2.36. The number of benzene rings is 2. The van der Waals surface area contributed by atoms with E-state index in [2.05, 4.69) is 41.9 Å². The Morgan fingerprint density at radius 3 is 2.58 bits per heavy atom. The molecule has 100 valence electrons. The minimum Gasteiger partial charge on any atom is -0.494 e. The largest absolute Gasteiger partial charge is 0.494 e. The average molecular weight is 273 g/mol. The number of ether oxygens (including phenoxy) is 1. The Kier molecular flexibility index (Phi) is 5.16. The third-order valence-electron chi connectivity index (χ3n) is 2.80. The van der Waals surface area contributed by atoms with Crippen molar-refractivity contribution in [2.75, 3.05) is 18.2 Å². The van der Waals surface area contributed by atoms with Crippen molar-refractivity contribution in [3.05, 3.63) is 54.1 Å². The predicted molar refractivity (Wildman–Crippen MR) is 83.2 cm³/mol. The van der Waals surface area contributed by atoms with E-state index >= 15 is 0 Å². The molecule has 1 N–H and O–H groups in total. The minimum absolute atomic E-state index is 0.694. The lowest BCUT2D eigenvalue weighted by Crippen LogP contribution is -2.00. The second-order valence-corrected chi connectivity index (χ2v) is 5.04. The van der Waals surface area contributed by atoms with Crippen LogP contribution >= 0.6 is 11.8 Å². The Balaban J connectivity index is 1.95. The van der Waals surface area contributed by atoms with Gasteiger partial charge >= 0.3 is 0 Å². The van der Waals surface area contributed by atoms with Crippen LogP contribution in [0.3, 0.4) is 0 Å². The van der Waals surface area contributed by atoms with Gasteiger partial charge in [-0.2, -0.15) is 0 Å². The first kappa shape index (κ1) is 13.8. The summed E-state index contributed by atoms with van der Waals surface area (Å²) in [4.78, 5) is 1.29. The SMILES string of the molecule is CCOc1cccc(NCc2ccc(SC)cc2)c1. The summed E-state index contributed by atoms with van der Waals surface area (Å²) in [5, 5.41) is 3.41. The molecule has 0 unspecified atom stereocenters. The first-order chi connectivity index (χ1) is 9.31. The zero-order chi connectivity index (χ0) is 13.5. The van der Waals surface area contributed by atoms with Crippen LogP contribution in [-0.4, -0.2) is 12.9 Å². The van der Waals surface area contributed by atoms with Gasteiger partial charge in [0, 0.05) is 23.2 Å². The van der Waals surface area contributed by atoms with Gasteiger partial charge < -0.3 is 10.1 Å². The molecule has 2 rings (SSSR count). The molecule has 0 bridgehead atoms. The summed E-state index contributed by atoms with van der Waals surface area (Å²) in [6.45, 7) is 3.51. The van der Waals surface area contributed by atoms with E-state index in [4.69, 9.17) is 4.74 Å². The van der Waals surface area contributed by atoms with E-state index in [1.165, 1.54) is 10.5 Å². The fourth-order valence-corrected chi connectivity index (χ4v) is 2.22. The summed E-state index contributed by atoms with van der Waals surface area (Å²) in [6, 6.07) is 16.7. The summed E-state index contributed by atoms with van der Waals surface area (Å²) in [6.07, 6.45) is 2.09. The lowest BCUT2D eigenvalue weighted by molar-refractivity contribution is 0.340. The maximum absolute atomic E-state index is 5.49. The van der Waals surface area contributed by atoms with Crippen molar-refractivity contribution in [3.8, 4) is 5.75 Å². The zero-order valence-electron chi connectivity index (χ0n) is 11.3. The molecule has 0 aliphatic carbocycles. The normalized spacial score (nSPS) is 10.2. The van der Waals surface area contributed by atoms with Gasteiger partial charge in [-0.3, -0.25) is 0 Å². The van der Waals surface area contributed by atoms with Gasteiger partial charge in [-0.15, -0.1) is 11.8 Å². The summed E-state index contributed by atoms with van der Waals surface area (Å²) in [5.74, 6) is 0.908. The van der Waals surface area contributed by atoms with Crippen molar-refractivity contribution in [2.45, 2.75) is 18.4 Å². The quantitative estimate of drug-likeness (QED) is 0.787. The van der Waals surface area contributed by atoms with Crippen molar-refractivity contribution in [1.82, 2.24) is 0 Å². The molecule has 0 saturated carbocycles. The van der Waals surface area contributed by atoms with Crippen molar-refractivity contribution < 1.29 is 4.74 Å². The summed E-state index contributed by atoms with van der Waals surface area (Å²) < 4.78 is 5.49. The Morgan fingerprint density at radius 1 is 1.11 bits per heavy atom. The van der Waals surface area contributed by atoms with Crippen molar-refractivity contribution in [3.63, 3.8) is 0 Å². The lowest BCUT2D eigenvalue weighted by Gasteiger charge is -2.09. The molecule has 0 aliphatic rings. The predicted octanol–water partition coefficient (Wildman–Crippen LogP) is 4.42. The van der Waals surface area contributed by atoms with Crippen molar-refractivity contribution in [1.29, 1.82) is 0 Å². The third-order valence-corrected chi connectivity index (χ3v) is 3.54. The molecule has 0 aromatic heterocycles. The second kappa shape index (κ2) is 7.10. The molecule has 0 atom stereocenters. The minimum atomic E-state index is 0.694. The fourth-order valence-electron chi connectivity index (χ4n) is 1.81. The molecule has 0 saturated heterocycles. The molecule has 0 aliphatic heterocycles. The van der Waals surface area contributed by atoms with Crippen LogP contribution in [0.1, 0.15) is 12.5 Å². The van der Waals surface area contributed by atoms with Gasteiger partial charge in [0.1, 0.15) is 5.75 Å². The number of anilines is 1. The molecular weight excluding hydrogens is 254 g/mol. The molecular formula is C16H19NOS. The van der Waals surface area contributed by atoms with Gasteiger partial charge in [-0.05, 0) is 43.0 Å². The third kappa shape index (κ3) is 4.21. The van der Waals surface area contributed by atoms with Crippen molar-refractivity contribution >= 4 is 17.4 Å². The molecule has 3 heteroatoms. The van der Waals surface area contributed by atoms with Crippen LogP contribution in [0.4, 0.5) is 5.69 Å². The molecule has 0 fully saturated rings. The van der Waals surface area contributed by atoms with Gasteiger partial charge in [0.2, 0.25) is 0 Å². The zero-order valence-corrected chi connectivity index (χ0v) is 12.2. The molecule has 0 amide bonds. The van der Waals surface area contributed by atoms with E-state index in [0.29, 0.717) is 6.61 Å². The van der Waals surface area contributed by atoms with E-state index in [-0.39, 0.29) is 0 Å². The highest BCUT2D eigenvalue weighted by Gasteiger charge is 1.97. The number of nitrogens with one attached hydrogen (secondary N) is 1. The molecule has 2 nitrogen and oxygen atoms in total. The van der Waals surface area contributed by atoms with Gasteiger partial charge in [0.25, 0.3) is 0 Å². The maximum atomic E-state index is 5.49. The van der Waals surface area contributed by atoms with E-state index in [1.807, 2.05) is 25.1 Å². The highest BCUT2D eigenvalue weighted by atomic mass is 32.2. The van der Waals surface area contributed by atoms with Gasteiger partial charge in [0.15, 0.2) is 0 Å². The van der Waals surface area contributed by atoms with E-state index < -0.39 is 0 Å². The summed E-state index contributed by atoms with van der Waals surface area (Å²) in [7, 11) is 0.